The molecule has 0 aromatic rings. The van der Waals surface area contributed by atoms with Gasteiger partial charge in [-0.25, -0.2) is 0 Å². The summed E-state index contributed by atoms with van der Waals surface area (Å²) in [5, 5.41) is 0. The normalized spacial score (nSPS) is 13.3. The van der Waals surface area contributed by atoms with Gasteiger partial charge in [-0.05, 0) is 128 Å². The first-order chi connectivity index (χ1) is 36.0. The van der Waals surface area contributed by atoms with Crippen LogP contribution in [0.4, 0.5) is 0 Å². The molecule has 1 atom stereocenters. The highest BCUT2D eigenvalue weighted by molar-refractivity contribution is 5.71. The molecule has 0 aromatic carbocycles. The number of rotatable bonds is 50. The Morgan fingerprint density at radius 2 is 0.575 bits per heavy atom. The Balaban J connectivity index is 4.61. The van der Waals surface area contributed by atoms with Crippen LogP contribution in [0.3, 0.4) is 0 Å². The van der Waals surface area contributed by atoms with E-state index in [0.717, 1.165) is 103 Å². The van der Waals surface area contributed by atoms with E-state index < -0.39 is 6.10 Å². The van der Waals surface area contributed by atoms with E-state index in [4.69, 9.17) is 14.2 Å². The van der Waals surface area contributed by atoms with Crippen molar-refractivity contribution in [3.8, 4) is 0 Å². The van der Waals surface area contributed by atoms with Gasteiger partial charge in [0.05, 0.1) is 0 Å². The van der Waals surface area contributed by atoms with Crippen LogP contribution in [0.2, 0.25) is 0 Å². The lowest BCUT2D eigenvalue weighted by Crippen LogP contribution is -2.30. The average molecular weight is 1010 g/mol. The van der Waals surface area contributed by atoms with E-state index in [0.29, 0.717) is 12.8 Å². The molecule has 6 nitrogen and oxygen atoms in total. The van der Waals surface area contributed by atoms with Crippen LogP contribution < -0.4 is 0 Å². The number of hydrogen-bond acceptors (Lipinski definition) is 6. The zero-order valence-corrected chi connectivity index (χ0v) is 46.6. The lowest BCUT2D eigenvalue weighted by Gasteiger charge is -2.18. The molecular weight excluding hydrogens is 901 g/mol. The average Bonchev–Trinajstić information content (AvgIpc) is 3.39. The van der Waals surface area contributed by atoms with E-state index in [1.807, 2.05) is 12.2 Å². The second kappa shape index (κ2) is 59.6. The zero-order chi connectivity index (χ0) is 52.9. The van der Waals surface area contributed by atoms with Crippen molar-refractivity contribution in [1.82, 2.24) is 0 Å². The molecule has 0 aliphatic rings. The number of unbranched alkanes of at least 4 members (excludes halogenated alkanes) is 13. The number of allylic oxidation sites excluding steroid dienone is 26. The van der Waals surface area contributed by atoms with Crippen LogP contribution in [0.5, 0.6) is 0 Å². The third-order valence-corrected chi connectivity index (χ3v) is 11.5. The minimum Gasteiger partial charge on any atom is -0.462 e. The first-order valence-corrected chi connectivity index (χ1v) is 29.0. The molecule has 0 aliphatic heterocycles. The lowest BCUT2D eigenvalue weighted by atomic mass is 10.1. The molecular formula is C67H104O6. The minimum atomic E-state index is -0.843. The summed E-state index contributed by atoms with van der Waals surface area (Å²) in [7, 11) is 0. The number of carbonyl (C=O) groups excluding carboxylic acids is 3. The highest BCUT2D eigenvalue weighted by atomic mass is 16.6. The Kier molecular flexibility index (Phi) is 55.5. The highest BCUT2D eigenvalue weighted by Gasteiger charge is 2.19. The summed E-state index contributed by atoms with van der Waals surface area (Å²) >= 11 is 0. The molecule has 0 N–H and O–H groups in total. The first kappa shape index (κ1) is 68.0. The maximum Gasteiger partial charge on any atom is 0.306 e. The van der Waals surface area contributed by atoms with Gasteiger partial charge < -0.3 is 14.2 Å². The molecule has 0 spiro atoms. The molecule has 0 unspecified atom stereocenters. The van der Waals surface area contributed by atoms with E-state index >= 15 is 0 Å². The van der Waals surface area contributed by atoms with E-state index in [-0.39, 0.29) is 50.4 Å². The zero-order valence-electron chi connectivity index (χ0n) is 46.6. The maximum absolute atomic E-state index is 12.9. The summed E-state index contributed by atoms with van der Waals surface area (Å²) in [6, 6.07) is 0. The molecule has 0 aliphatic carbocycles. The van der Waals surface area contributed by atoms with Crippen molar-refractivity contribution in [2.24, 2.45) is 0 Å². The Morgan fingerprint density at radius 3 is 0.959 bits per heavy atom. The summed E-state index contributed by atoms with van der Waals surface area (Å²) in [6.07, 6.45) is 86.8. The fourth-order valence-corrected chi connectivity index (χ4v) is 7.24. The maximum atomic E-state index is 12.9. The van der Waals surface area contributed by atoms with Gasteiger partial charge in [-0.1, -0.05) is 237 Å². The second-order valence-electron chi connectivity index (χ2n) is 18.4. The Labute approximate surface area is 448 Å². The molecule has 6 heteroatoms. The summed E-state index contributed by atoms with van der Waals surface area (Å²) in [5.41, 5.74) is 0. The van der Waals surface area contributed by atoms with E-state index in [1.54, 1.807) is 0 Å². The van der Waals surface area contributed by atoms with Crippen LogP contribution in [-0.4, -0.2) is 37.2 Å². The second-order valence-corrected chi connectivity index (χ2v) is 18.4. The van der Waals surface area contributed by atoms with Crippen LogP contribution >= 0.6 is 0 Å². The van der Waals surface area contributed by atoms with Crippen LogP contribution in [0.1, 0.15) is 226 Å². The molecule has 0 radical (unpaired) electrons. The standard InChI is InChI=1S/C67H104O6/c1-4-7-10-13-16-19-22-25-28-31-33-36-39-42-45-48-51-54-57-60-66(69)72-63-64(62-71-65(68)59-56-53-50-47-44-41-38-35-30-27-24-21-18-15-12-9-6-3)73-67(70)61-58-55-52-49-46-43-40-37-34-32-29-26-23-20-17-14-11-8-5-2/h7,9-10,12,16-21,25-30,33,36,38,41-42,45,47,50-51,54,64H,4-6,8,11,13-15,22-24,31-32,34-35,37,39-40,43-44,46,48-49,52-53,55-63H2,1-3H3/b10-7-,12-9-,19-16-,20-17-,21-18-,28-25-,29-26-,30-27-,36-33-,41-38-,45-42-,50-47-,54-51-/t64-/m1/s1. The SMILES string of the molecule is CC/C=C\C/C=C\C/C=C\C/C=C\C/C=C\C/C=C\CCC(=O)OC[C@@H](COC(=O)CCC/C=C\C/C=C\C/C=C\C/C=C\C/C=C\CC)OC(=O)CCCCCCCCCCC/C=C\C/C=C\CCCCC. The highest BCUT2D eigenvalue weighted by Crippen LogP contribution is 2.13. The molecule has 0 bridgehead atoms. The van der Waals surface area contributed by atoms with Crippen LogP contribution in [-0.2, 0) is 28.6 Å². The van der Waals surface area contributed by atoms with Gasteiger partial charge in [-0.15, -0.1) is 0 Å². The molecule has 0 amide bonds. The summed E-state index contributed by atoms with van der Waals surface area (Å²) < 4.78 is 16.7. The number of carbonyl (C=O) groups is 3. The predicted molar refractivity (Wildman–Crippen MR) is 315 cm³/mol. The topological polar surface area (TPSA) is 78.9 Å². The lowest BCUT2D eigenvalue weighted by molar-refractivity contribution is -0.166. The number of hydrogen-bond donors (Lipinski definition) is 0. The summed E-state index contributed by atoms with van der Waals surface area (Å²) in [6.45, 7) is 6.26. The minimum absolute atomic E-state index is 0.139. The van der Waals surface area contributed by atoms with Gasteiger partial charge in [0.2, 0.25) is 0 Å². The van der Waals surface area contributed by atoms with Crippen LogP contribution in [0.25, 0.3) is 0 Å². The molecule has 0 fully saturated rings. The molecule has 0 heterocycles. The largest absolute Gasteiger partial charge is 0.462 e. The van der Waals surface area contributed by atoms with Gasteiger partial charge in [0, 0.05) is 19.3 Å². The molecule has 408 valence electrons. The molecule has 73 heavy (non-hydrogen) atoms. The van der Waals surface area contributed by atoms with Gasteiger partial charge in [0.1, 0.15) is 13.2 Å². The Bertz CT molecular complexity index is 1670. The Morgan fingerprint density at radius 1 is 0.288 bits per heavy atom. The van der Waals surface area contributed by atoms with Crippen LogP contribution in [0, 0.1) is 0 Å². The van der Waals surface area contributed by atoms with Crippen molar-refractivity contribution in [2.75, 3.05) is 13.2 Å². The fraction of sp³-hybridized carbons (Fsp3) is 0.567. The van der Waals surface area contributed by atoms with Crippen molar-refractivity contribution in [2.45, 2.75) is 232 Å². The third kappa shape index (κ3) is 57.8. The molecule has 0 saturated carbocycles. The summed E-state index contributed by atoms with van der Waals surface area (Å²) in [5.74, 6) is -1.09. The van der Waals surface area contributed by atoms with Crippen LogP contribution in [0.15, 0.2) is 158 Å². The quantitative estimate of drug-likeness (QED) is 0.0261. The van der Waals surface area contributed by atoms with Gasteiger partial charge in [0.25, 0.3) is 0 Å². The molecule has 0 aromatic heterocycles. The van der Waals surface area contributed by atoms with E-state index in [9.17, 15) is 14.4 Å². The Hall–Kier alpha value is -4.97. The molecule has 0 saturated heterocycles. The predicted octanol–water partition coefficient (Wildman–Crippen LogP) is 19.8. The number of esters is 3. The van der Waals surface area contributed by atoms with Gasteiger partial charge in [-0.3, -0.25) is 14.4 Å². The van der Waals surface area contributed by atoms with Gasteiger partial charge in [0.15, 0.2) is 6.10 Å². The van der Waals surface area contributed by atoms with Crippen molar-refractivity contribution in [1.29, 1.82) is 0 Å². The number of ether oxygens (including phenoxy) is 3. The fourth-order valence-electron chi connectivity index (χ4n) is 7.24. The van der Waals surface area contributed by atoms with Gasteiger partial charge >= 0.3 is 17.9 Å². The molecule has 0 rings (SSSR count). The van der Waals surface area contributed by atoms with Crippen molar-refractivity contribution in [3.63, 3.8) is 0 Å². The monoisotopic (exact) mass is 1000 g/mol. The van der Waals surface area contributed by atoms with Crippen molar-refractivity contribution in [3.05, 3.63) is 158 Å². The van der Waals surface area contributed by atoms with Crippen molar-refractivity contribution >= 4 is 17.9 Å². The van der Waals surface area contributed by atoms with E-state index in [1.165, 1.54) is 70.6 Å². The third-order valence-electron chi connectivity index (χ3n) is 11.5. The van der Waals surface area contributed by atoms with Crippen molar-refractivity contribution < 1.29 is 28.6 Å². The smallest absolute Gasteiger partial charge is 0.306 e. The van der Waals surface area contributed by atoms with E-state index in [2.05, 4.69) is 167 Å². The first-order valence-electron chi connectivity index (χ1n) is 29.0. The van der Waals surface area contributed by atoms with Gasteiger partial charge in [-0.2, -0.15) is 0 Å². The summed E-state index contributed by atoms with van der Waals surface area (Å²) in [4.78, 5) is 38.2.